The highest BCUT2D eigenvalue weighted by Gasteiger charge is 2.51. The second kappa shape index (κ2) is 6.65. The van der Waals surface area contributed by atoms with Gasteiger partial charge < -0.3 is 5.11 Å². The summed E-state index contributed by atoms with van der Waals surface area (Å²) in [5, 5.41) is 12.7. The second-order valence-corrected chi connectivity index (χ2v) is 9.08. The summed E-state index contributed by atoms with van der Waals surface area (Å²) in [7, 11) is 0. The number of carboxylic acid groups (broad SMARTS) is 1. The molecule has 0 spiro atoms. The minimum Gasteiger partial charge on any atom is -0.480 e. The van der Waals surface area contributed by atoms with Crippen LogP contribution < -0.4 is 5.32 Å². The lowest BCUT2D eigenvalue weighted by Crippen LogP contribution is -2.56. The van der Waals surface area contributed by atoms with Crippen molar-refractivity contribution < 1.29 is 9.90 Å². The Morgan fingerprint density at radius 1 is 1.38 bits per heavy atom. The number of aryl methyl sites for hydroxylation is 1. The third-order valence-electron chi connectivity index (χ3n) is 7.24. The molecule has 4 rings (SSSR count). The summed E-state index contributed by atoms with van der Waals surface area (Å²) in [5.74, 6) is 0.581. The van der Waals surface area contributed by atoms with Gasteiger partial charge in [0.25, 0.3) is 0 Å². The van der Waals surface area contributed by atoms with Gasteiger partial charge in [0.1, 0.15) is 0 Å². The van der Waals surface area contributed by atoms with Crippen LogP contribution in [-0.2, 0) is 10.2 Å². The molecular formula is C22H32N2O2. The summed E-state index contributed by atoms with van der Waals surface area (Å²) in [6.45, 7) is 9.34. The minimum atomic E-state index is -0.776. The van der Waals surface area contributed by atoms with Crippen LogP contribution in [0, 0.1) is 18.8 Å². The lowest BCUT2D eigenvalue weighted by atomic mass is 9.60. The van der Waals surface area contributed by atoms with Crippen LogP contribution in [0.15, 0.2) is 18.2 Å². The van der Waals surface area contributed by atoms with Crippen molar-refractivity contribution in [2.24, 2.45) is 11.8 Å². The van der Waals surface area contributed by atoms with E-state index in [0.29, 0.717) is 12.0 Å². The van der Waals surface area contributed by atoms with Crippen LogP contribution in [0.25, 0.3) is 0 Å². The van der Waals surface area contributed by atoms with Gasteiger partial charge in [-0.05, 0) is 67.5 Å². The Bertz CT molecular complexity index is 699. The molecule has 0 radical (unpaired) electrons. The fourth-order valence-electron chi connectivity index (χ4n) is 5.49. The van der Waals surface area contributed by atoms with Crippen LogP contribution in [0.3, 0.4) is 0 Å². The lowest BCUT2D eigenvalue weighted by Gasteiger charge is -2.51. The molecule has 26 heavy (non-hydrogen) atoms. The summed E-state index contributed by atoms with van der Waals surface area (Å²) in [6.07, 6.45) is 5.16. The monoisotopic (exact) mass is 356 g/mol. The molecule has 2 bridgehead atoms. The van der Waals surface area contributed by atoms with E-state index in [0.717, 1.165) is 12.5 Å². The van der Waals surface area contributed by atoms with Crippen molar-refractivity contribution in [3.63, 3.8) is 0 Å². The molecule has 142 valence electrons. The zero-order valence-electron chi connectivity index (χ0n) is 16.3. The maximum absolute atomic E-state index is 11.3. The van der Waals surface area contributed by atoms with Crippen LogP contribution in [0.1, 0.15) is 62.3 Å². The van der Waals surface area contributed by atoms with E-state index in [9.17, 15) is 9.90 Å². The highest BCUT2D eigenvalue weighted by atomic mass is 16.4. The number of rotatable bonds is 5. The molecule has 1 aromatic carbocycles. The minimum absolute atomic E-state index is 0.0230. The Hall–Kier alpha value is -1.39. The molecule has 2 N–H and O–H groups in total. The van der Waals surface area contributed by atoms with Gasteiger partial charge in [0.05, 0.1) is 6.54 Å². The van der Waals surface area contributed by atoms with E-state index in [1.165, 1.54) is 48.9 Å². The standard InChI is InChI=1S/C22H32N2O2/c1-14-5-8-17-18(11-14)22(3)9-4-10-24(13-16-6-7-16)21(15(22)2)20(17)23-12-19(25)26/h5,8,11,15-16,20-21,23H,4,6-7,9-10,12-13H2,1-3H3,(H,25,26)/t15-,20?,21-,22+/m0/s1. The molecule has 3 aliphatic rings. The normalized spacial score (nSPS) is 34.2. The molecule has 4 atom stereocenters. The average molecular weight is 357 g/mol. The summed E-state index contributed by atoms with van der Waals surface area (Å²) >= 11 is 0. The van der Waals surface area contributed by atoms with Gasteiger partial charge >= 0.3 is 5.97 Å². The van der Waals surface area contributed by atoms with Crippen LogP contribution in [0.5, 0.6) is 0 Å². The molecule has 1 aliphatic heterocycles. The van der Waals surface area contributed by atoms with Crippen molar-refractivity contribution in [3.05, 3.63) is 34.9 Å². The van der Waals surface area contributed by atoms with Gasteiger partial charge in [-0.25, -0.2) is 0 Å². The first-order valence-corrected chi connectivity index (χ1v) is 10.2. The molecule has 1 heterocycles. The van der Waals surface area contributed by atoms with Crippen LogP contribution >= 0.6 is 0 Å². The number of carbonyl (C=O) groups is 1. The molecule has 4 heteroatoms. The molecule has 4 nitrogen and oxygen atoms in total. The third-order valence-corrected chi connectivity index (χ3v) is 7.24. The van der Waals surface area contributed by atoms with Crippen LogP contribution in [0.2, 0.25) is 0 Å². The van der Waals surface area contributed by atoms with E-state index in [2.05, 4.69) is 49.2 Å². The smallest absolute Gasteiger partial charge is 0.317 e. The van der Waals surface area contributed by atoms with E-state index in [4.69, 9.17) is 0 Å². The number of nitrogens with one attached hydrogen (secondary N) is 1. The van der Waals surface area contributed by atoms with Crippen molar-refractivity contribution in [2.75, 3.05) is 19.6 Å². The maximum atomic E-state index is 11.3. The van der Waals surface area contributed by atoms with Crippen molar-refractivity contribution >= 4 is 5.97 Å². The molecule has 1 saturated carbocycles. The van der Waals surface area contributed by atoms with Crippen molar-refractivity contribution in [1.29, 1.82) is 0 Å². The number of fused-ring (bicyclic) bond motifs is 4. The largest absolute Gasteiger partial charge is 0.480 e. The van der Waals surface area contributed by atoms with Gasteiger partial charge in [0.2, 0.25) is 0 Å². The first-order valence-electron chi connectivity index (χ1n) is 10.2. The Labute approximate surface area is 157 Å². The summed E-state index contributed by atoms with van der Waals surface area (Å²) in [4.78, 5) is 14.0. The van der Waals surface area contributed by atoms with Gasteiger partial charge in [-0.3, -0.25) is 15.0 Å². The summed E-state index contributed by atoms with van der Waals surface area (Å²) in [6, 6.07) is 7.26. The zero-order valence-corrected chi connectivity index (χ0v) is 16.3. The Morgan fingerprint density at radius 2 is 2.15 bits per heavy atom. The van der Waals surface area contributed by atoms with Gasteiger partial charge in [-0.1, -0.05) is 37.6 Å². The molecule has 1 saturated heterocycles. The topological polar surface area (TPSA) is 52.6 Å². The number of carboxylic acids is 1. The zero-order chi connectivity index (χ0) is 18.5. The Morgan fingerprint density at radius 3 is 2.85 bits per heavy atom. The molecule has 2 fully saturated rings. The number of aliphatic carboxylic acids is 1. The Kier molecular flexibility index (Phi) is 4.60. The number of nitrogens with zero attached hydrogens (tertiary/aromatic N) is 1. The average Bonchev–Trinajstić information content (AvgIpc) is 3.40. The summed E-state index contributed by atoms with van der Waals surface area (Å²) in [5.41, 5.74) is 4.24. The van der Waals surface area contributed by atoms with Crippen LogP contribution in [-0.4, -0.2) is 41.7 Å². The fraction of sp³-hybridized carbons (Fsp3) is 0.682. The van der Waals surface area contributed by atoms with E-state index < -0.39 is 5.97 Å². The number of hydrogen-bond acceptors (Lipinski definition) is 3. The number of hydrogen-bond donors (Lipinski definition) is 2. The third kappa shape index (κ3) is 3.07. The second-order valence-electron chi connectivity index (χ2n) is 9.08. The van der Waals surface area contributed by atoms with Crippen molar-refractivity contribution in [3.8, 4) is 0 Å². The van der Waals surface area contributed by atoms with Gasteiger partial charge in [-0.15, -0.1) is 0 Å². The maximum Gasteiger partial charge on any atom is 0.317 e. The van der Waals surface area contributed by atoms with E-state index in [1.807, 2.05) is 0 Å². The highest BCUT2D eigenvalue weighted by molar-refractivity contribution is 5.69. The van der Waals surface area contributed by atoms with Gasteiger partial charge in [-0.2, -0.15) is 0 Å². The molecule has 0 aromatic heterocycles. The van der Waals surface area contributed by atoms with E-state index in [-0.39, 0.29) is 18.0 Å². The molecule has 0 amide bonds. The molecule has 1 unspecified atom stereocenters. The van der Waals surface area contributed by atoms with E-state index >= 15 is 0 Å². The fourth-order valence-corrected chi connectivity index (χ4v) is 5.49. The van der Waals surface area contributed by atoms with Crippen molar-refractivity contribution in [1.82, 2.24) is 10.2 Å². The quantitative estimate of drug-likeness (QED) is 0.848. The molecule has 1 aromatic rings. The highest BCUT2D eigenvalue weighted by Crippen LogP contribution is 2.52. The predicted molar refractivity (Wildman–Crippen MR) is 103 cm³/mol. The van der Waals surface area contributed by atoms with Gasteiger partial charge in [0, 0.05) is 18.6 Å². The first-order chi connectivity index (χ1) is 12.4. The SMILES string of the molecule is Cc1ccc2c(c1)[C@]1(C)CCCN(CC3CC3)[C@H](C2NCC(=O)O)[C@@H]1C. The number of benzene rings is 1. The number of likely N-dealkylation sites (tertiary alicyclic amines) is 1. The van der Waals surface area contributed by atoms with Crippen molar-refractivity contribution in [2.45, 2.75) is 64.0 Å². The Balaban J connectivity index is 1.79. The summed E-state index contributed by atoms with van der Waals surface area (Å²) < 4.78 is 0. The molecule has 2 aliphatic carbocycles. The van der Waals surface area contributed by atoms with Gasteiger partial charge in [0.15, 0.2) is 0 Å². The first kappa shape index (κ1) is 18.0. The lowest BCUT2D eigenvalue weighted by molar-refractivity contribution is -0.136. The van der Waals surface area contributed by atoms with E-state index in [1.54, 1.807) is 0 Å². The van der Waals surface area contributed by atoms with Crippen LogP contribution in [0.4, 0.5) is 0 Å². The molecular weight excluding hydrogens is 324 g/mol. The predicted octanol–water partition coefficient (Wildman–Crippen LogP) is 3.49.